The molecule has 0 N–H and O–H groups in total. The van der Waals surface area contributed by atoms with Crippen LogP contribution in [-0.4, -0.2) is 4.98 Å². The Morgan fingerprint density at radius 1 is 0.459 bits per heavy atom. The maximum atomic E-state index is 13.2. The molecule has 0 saturated heterocycles. The van der Waals surface area contributed by atoms with Gasteiger partial charge in [-0.15, -0.1) is 0 Å². The van der Waals surface area contributed by atoms with Gasteiger partial charge in [-0.25, -0.2) is 4.39 Å². The summed E-state index contributed by atoms with van der Waals surface area (Å²) < 4.78 is 92.5. The molecule has 1 aromatic heterocycles. The molecule has 5 rings (SSSR count). The number of fused-ring (bicyclic) bond motifs is 1. The number of rotatable bonds is 3. The molecular weight excluding hydrogens is 495 g/mol. The van der Waals surface area contributed by atoms with E-state index in [2.05, 4.69) is 4.98 Å². The van der Waals surface area contributed by atoms with Crippen molar-refractivity contribution in [1.82, 2.24) is 4.98 Å². The molecule has 4 aromatic carbocycles. The van der Waals surface area contributed by atoms with Crippen molar-refractivity contribution in [3.63, 3.8) is 0 Å². The highest BCUT2D eigenvalue weighted by Gasteiger charge is 2.37. The van der Waals surface area contributed by atoms with E-state index in [0.717, 1.165) is 22.1 Å². The lowest BCUT2D eigenvalue weighted by Gasteiger charge is -2.14. The predicted molar refractivity (Wildman–Crippen MR) is 128 cm³/mol. The van der Waals surface area contributed by atoms with Crippen molar-refractivity contribution in [1.29, 1.82) is 0 Å². The lowest BCUT2D eigenvalue weighted by atomic mass is 9.96. The average molecular weight is 511 g/mol. The van der Waals surface area contributed by atoms with Crippen LogP contribution in [0.3, 0.4) is 0 Å². The van der Waals surface area contributed by atoms with E-state index in [1.807, 2.05) is 24.3 Å². The van der Waals surface area contributed by atoms with Crippen molar-refractivity contribution in [2.75, 3.05) is 0 Å². The van der Waals surface area contributed by atoms with E-state index in [0.29, 0.717) is 23.2 Å². The van der Waals surface area contributed by atoms with Crippen LogP contribution in [0.15, 0.2) is 97.2 Å². The Balaban J connectivity index is 1.47. The maximum absolute atomic E-state index is 13.2. The first-order valence-corrected chi connectivity index (χ1v) is 11.0. The van der Waals surface area contributed by atoms with E-state index in [9.17, 15) is 30.7 Å². The topological polar surface area (TPSA) is 12.9 Å². The van der Waals surface area contributed by atoms with Crippen LogP contribution >= 0.6 is 0 Å². The number of pyridine rings is 1. The number of alkyl halides is 6. The average Bonchev–Trinajstić information content (AvgIpc) is 2.87. The molecule has 5 aromatic rings. The zero-order valence-electron chi connectivity index (χ0n) is 18.8. The predicted octanol–water partition coefficient (Wildman–Crippen LogP) is 9.41. The van der Waals surface area contributed by atoms with Gasteiger partial charge in [-0.1, -0.05) is 48.5 Å². The molecule has 0 atom stereocenters. The van der Waals surface area contributed by atoms with Gasteiger partial charge >= 0.3 is 12.4 Å². The zero-order chi connectivity index (χ0) is 26.4. The van der Waals surface area contributed by atoms with Gasteiger partial charge in [-0.05, 0) is 70.3 Å². The van der Waals surface area contributed by atoms with E-state index < -0.39 is 23.5 Å². The Morgan fingerprint density at radius 2 is 0.946 bits per heavy atom. The van der Waals surface area contributed by atoms with E-state index in [1.54, 1.807) is 30.5 Å². The molecule has 0 radical (unpaired) electrons. The molecule has 8 heteroatoms. The van der Waals surface area contributed by atoms with Crippen molar-refractivity contribution >= 4 is 10.9 Å². The van der Waals surface area contributed by atoms with Crippen LogP contribution in [0.5, 0.6) is 0 Å². The third-order valence-corrected chi connectivity index (χ3v) is 6.00. The highest BCUT2D eigenvalue weighted by Crippen LogP contribution is 2.39. The van der Waals surface area contributed by atoms with Crippen LogP contribution in [0.25, 0.3) is 44.3 Å². The Hall–Kier alpha value is -4.20. The van der Waals surface area contributed by atoms with Crippen LogP contribution < -0.4 is 0 Å². The molecule has 0 bridgehead atoms. The summed E-state index contributed by atoms with van der Waals surface area (Å²) in [5.41, 5.74) is 1.17. The normalized spacial score (nSPS) is 12.2. The summed E-state index contributed by atoms with van der Waals surface area (Å²) in [4.78, 5) is 4.50. The fourth-order valence-corrected chi connectivity index (χ4v) is 4.08. The number of aromatic nitrogens is 1. The lowest BCUT2D eigenvalue weighted by Crippen LogP contribution is -2.11. The lowest BCUT2D eigenvalue weighted by molar-refractivity contribution is -0.143. The number of benzene rings is 4. The maximum Gasteiger partial charge on any atom is 0.416 e. The molecule has 0 fully saturated rings. The molecule has 0 aliphatic heterocycles. The standard InChI is InChI=1S/C29H16F7N/c30-26-9-7-17(8-10-26)20-5-6-21-11-23(16-37-27(21)14-20)19-3-1-18(2-4-19)22-12-24(28(31,32)33)15-25(13-22)29(34,35)36/h1-16H. The van der Waals surface area contributed by atoms with E-state index in [1.165, 1.54) is 24.3 Å². The fourth-order valence-electron chi connectivity index (χ4n) is 4.08. The van der Waals surface area contributed by atoms with Crippen molar-refractivity contribution in [2.45, 2.75) is 12.4 Å². The Bertz CT molecular complexity index is 1550. The van der Waals surface area contributed by atoms with Crippen molar-refractivity contribution in [3.8, 4) is 33.4 Å². The Kier molecular flexibility index (Phi) is 5.98. The second-order valence-corrected chi connectivity index (χ2v) is 8.51. The summed E-state index contributed by atoms with van der Waals surface area (Å²) in [5, 5.41) is 0.833. The van der Waals surface area contributed by atoms with Gasteiger partial charge in [0, 0.05) is 17.1 Å². The van der Waals surface area contributed by atoms with Crippen LogP contribution in [0.2, 0.25) is 0 Å². The number of halogens is 7. The molecule has 186 valence electrons. The minimum atomic E-state index is -4.91. The molecule has 0 amide bonds. The summed E-state index contributed by atoms with van der Waals surface area (Å²) in [7, 11) is 0. The third kappa shape index (κ3) is 5.18. The quantitative estimate of drug-likeness (QED) is 0.220. The summed E-state index contributed by atoms with van der Waals surface area (Å²) in [6.45, 7) is 0. The highest BCUT2D eigenvalue weighted by molar-refractivity contribution is 5.87. The molecule has 0 aliphatic rings. The van der Waals surface area contributed by atoms with E-state index in [-0.39, 0.29) is 23.0 Å². The summed E-state index contributed by atoms with van der Waals surface area (Å²) in [6, 6.07) is 21.4. The molecule has 0 unspecified atom stereocenters. The molecule has 0 spiro atoms. The minimum Gasteiger partial charge on any atom is -0.256 e. The summed E-state index contributed by atoms with van der Waals surface area (Å²) in [6.07, 6.45) is -8.19. The number of hydrogen-bond acceptors (Lipinski definition) is 1. The Labute approximate surface area is 206 Å². The molecule has 0 saturated carbocycles. The van der Waals surface area contributed by atoms with Crippen LogP contribution in [-0.2, 0) is 12.4 Å². The van der Waals surface area contributed by atoms with Gasteiger partial charge < -0.3 is 0 Å². The van der Waals surface area contributed by atoms with Gasteiger partial charge in [0.05, 0.1) is 16.6 Å². The third-order valence-electron chi connectivity index (χ3n) is 6.00. The van der Waals surface area contributed by atoms with Crippen molar-refractivity contribution in [2.24, 2.45) is 0 Å². The number of nitrogens with zero attached hydrogens (tertiary/aromatic N) is 1. The van der Waals surface area contributed by atoms with Crippen LogP contribution in [0.1, 0.15) is 11.1 Å². The second kappa shape index (κ2) is 9.03. The van der Waals surface area contributed by atoms with Crippen molar-refractivity contribution in [3.05, 3.63) is 114 Å². The van der Waals surface area contributed by atoms with Gasteiger partial charge in [-0.2, -0.15) is 26.3 Å². The monoisotopic (exact) mass is 511 g/mol. The first-order chi connectivity index (χ1) is 17.5. The summed E-state index contributed by atoms with van der Waals surface area (Å²) >= 11 is 0. The highest BCUT2D eigenvalue weighted by atomic mass is 19.4. The molecular formula is C29H16F7N. The van der Waals surface area contributed by atoms with Gasteiger partial charge in [-0.3, -0.25) is 4.98 Å². The molecule has 1 nitrogen and oxygen atoms in total. The summed E-state index contributed by atoms with van der Waals surface area (Å²) in [5.74, 6) is -0.327. The molecule has 1 heterocycles. The zero-order valence-corrected chi connectivity index (χ0v) is 18.8. The smallest absolute Gasteiger partial charge is 0.256 e. The van der Waals surface area contributed by atoms with E-state index >= 15 is 0 Å². The van der Waals surface area contributed by atoms with Gasteiger partial charge in [0.25, 0.3) is 0 Å². The van der Waals surface area contributed by atoms with Gasteiger partial charge in [0.15, 0.2) is 0 Å². The molecule has 0 aliphatic carbocycles. The van der Waals surface area contributed by atoms with Crippen LogP contribution in [0.4, 0.5) is 30.7 Å². The first-order valence-electron chi connectivity index (χ1n) is 11.0. The second-order valence-electron chi connectivity index (χ2n) is 8.51. The first kappa shape index (κ1) is 24.5. The molecule has 37 heavy (non-hydrogen) atoms. The van der Waals surface area contributed by atoms with E-state index in [4.69, 9.17) is 0 Å². The SMILES string of the molecule is Fc1ccc(-c2ccc3cc(-c4ccc(-c5cc(C(F)(F)F)cc(C(F)(F)F)c5)cc4)cnc3c2)cc1. The van der Waals surface area contributed by atoms with Crippen LogP contribution in [0, 0.1) is 5.82 Å². The number of hydrogen-bond donors (Lipinski definition) is 0. The van der Waals surface area contributed by atoms with Gasteiger partial charge in [0.1, 0.15) is 5.82 Å². The van der Waals surface area contributed by atoms with Crippen molar-refractivity contribution < 1.29 is 30.7 Å². The minimum absolute atomic E-state index is 0.111. The fraction of sp³-hybridized carbons (Fsp3) is 0.0690. The Morgan fingerprint density at radius 3 is 1.51 bits per heavy atom. The van der Waals surface area contributed by atoms with Gasteiger partial charge in [0.2, 0.25) is 0 Å². The largest absolute Gasteiger partial charge is 0.416 e.